The van der Waals surface area contributed by atoms with E-state index in [0.29, 0.717) is 5.02 Å². The van der Waals surface area contributed by atoms with Crippen molar-refractivity contribution in [1.29, 1.82) is 0 Å². The fourth-order valence-corrected chi connectivity index (χ4v) is 2.08. The Kier molecular flexibility index (Phi) is 5.99. The van der Waals surface area contributed by atoms with Gasteiger partial charge in [0.05, 0.1) is 16.6 Å². The third-order valence-electron chi connectivity index (χ3n) is 2.99. The van der Waals surface area contributed by atoms with E-state index < -0.39 is 37.0 Å². The lowest BCUT2D eigenvalue weighted by atomic mass is 10.2. The maximum absolute atomic E-state index is 11.8. The van der Waals surface area contributed by atoms with Gasteiger partial charge in [0.1, 0.15) is 13.2 Å². The molecule has 10 heteroatoms. The predicted octanol–water partition coefficient (Wildman–Crippen LogP) is 1.25. The summed E-state index contributed by atoms with van der Waals surface area (Å²) in [6.45, 7) is -0.838. The number of amides is 3. The number of imide groups is 1. The lowest BCUT2D eigenvalue weighted by Gasteiger charge is -2.11. The number of nitrogens with zero attached hydrogens (tertiary/aromatic N) is 1. The van der Waals surface area contributed by atoms with Crippen molar-refractivity contribution in [3.05, 3.63) is 33.8 Å². The molecule has 0 aliphatic carbocycles. The largest absolute Gasteiger partial charge is 0.454 e. The Morgan fingerprint density at radius 1 is 1.25 bits per heavy atom. The van der Waals surface area contributed by atoms with Gasteiger partial charge in [0, 0.05) is 5.56 Å². The van der Waals surface area contributed by atoms with Crippen LogP contribution < -0.4 is 5.32 Å². The third kappa shape index (κ3) is 4.59. The van der Waals surface area contributed by atoms with Crippen molar-refractivity contribution in [1.82, 2.24) is 10.2 Å². The maximum Gasteiger partial charge on any atom is 0.416 e. The average Bonchev–Trinajstić information content (AvgIpc) is 2.99. The molecule has 0 bridgehead atoms. The first-order valence-electron chi connectivity index (χ1n) is 6.74. The van der Waals surface area contributed by atoms with Crippen molar-refractivity contribution >= 4 is 47.1 Å². The first kappa shape index (κ1) is 18.0. The molecule has 128 valence electrons. The monoisotopic (exact) mass is 374 g/mol. The summed E-state index contributed by atoms with van der Waals surface area (Å²) in [4.78, 5) is 47.0. The molecule has 0 aromatic heterocycles. The highest BCUT2D eigenvalue weighted by Gasteiger charge is 2.28. The van der Waals surface area contributed by atoms with Crippen molar-refractivity contribution in [2.45, 2.75) is 0 Å². The van der Waals surface area contributed by atoms with Crippen LogP contribution in [0.5, 0.6) is 0 Å². The summed E-state index contributed by atoms with van der Waals surface area (Å²) in [6.07, 6.45) is -0.774. The van der Waals surface area contributed by atoms with Crippen LogP contribution in [0.2, 0.25) is 10.0 Å². The second-order valence-electron chi connectivity index (χ2n) is 4.63. The highest BCUT2D eigenvalue weighted by Crippen LogP contribution is 2.22. The zero-order chi connectivity index (χ0) is 17.7. The highest BCUT2D eigenvalue weighted by atomic mass is 35.5. The number of carbonyl (C=O) groups excluding carboxylic acids is 4. The first-order chi connectivity index (χ1) is 11.4. The number of esters is 1. The van der Waals surface area contributed by atoms with E-state index in [0.717, 1.165) is 4.90 Å². The number of carbonyl (C=O) groups is 4. The van der Waals surface area contributed by atoms with Crippen LogP contribution in [0.1, 0.15) is 10.4 Å². The topological polar surface area (TPSA) is 102 Å². The van der Waals surface area contributed by atoms with Gasteiger partial charge >= 0.3 is 12.1 Å². The number of nitrogens with one attached hydrogen (secondary N) is 1. The second kappa shape index (κ2) is 7.98. The molecule has 1 aromatic rings. The normalized spacial score (nSPS) is 13.4. The van der Waals surface area contributed by atoms with Crippen LogP contribution in [0.4, 0.5) is 4.79 Å². The second-order valence-corrected chi connectivity index (χ2v) is 5.45. The van der Waals surface area contributed by atoms with Crippen molar-refractivity contribution in [3.8, 4) is 0 Å². The Labute approximate surface area is 146 Å². The predicted molar refractivity (Wildman–Crippen MR) is 82.8 cm³/mol. The summed E-state index contributed by atoms with van der Waals surface area (Å²) in [5.74, 6) is -2.08. The van der Waals surface area contributed by atoms with Crippen LogP contribution in [0.15, 0.2) is 18.2 Å². The molecule has 1 aromatic carbocycles. The SMILES string of the molecule is O=C(CNC(=O)c1ccc(Cl)c(Cl)c1)OCC(=O)N1CCOC1=O. The lowest BCUT2D eigenvalue weighted by Crippen LogP contribution is -2.37. The molecule has 24 heavy (non-hydrogen) atoms. The van der Waals surface area contributed by atoms with E-state index in [9.17, 15) is 19.2 Å². The zero-order valence-electron chi connectivity index (χ0n) is 12.2. The van der Waals surface area contributed by atoms with Gasteiger partial charge in [-0.3, -0.25) is 14.4 Å². The number of rotatable bonds is 5. The van der Waals surface area contributed by atoms with E-state index in [1.165, 1.54) is 18.2 Å². The Morgan fingerprint density at radius 2 is 2.00 bits per heavy atom. The number of ether oxygens (including phenoxy) is 2. The number of halogens is 2. The molecule has 1 saturated heterocycles. The van der Waals surface area contributed by atoms with Crippen LogP contribution >= 0.6 is 23.2 Å². The molecule has 0 spiro atoms. The fourth-order valence-electron chi connectivity index (χ4n) is 1.78. The van der Waals surface area contributed by atoms with Gasteiger partial charge in [0.2, 0.25) is 0 Å². The standard InChI is InChI=1S/C14H12Cl2N2O6/c15-9-2-1-8(5-10(9)16)13(21)17-6-12(20)24-7-11(19)18-3-4-23-14(18)22/h1-2,5H,3-4,6-7H2,(H,17,21). The Hall–Kier alpha value is -2.32. The molecular formula is C14H12Cl2N2O6. The van der Waals surface area contributed by atoms with Gasteiger partial charge in [-0.25, -0.2) is 9.69 Å². The van der Waals surface area contributed by atoms with E-state index in [2.05, 4.69) is 10.1 Å². The molecule has 0 atom stereocenters. The van der Waals surface area contributed by atoms with Crippen LogP contribution in [0, 0.1) is 0 Å². The van der Waals surface area contributed by atoms with Crippen LogP contribution in [-0.2, 0) is 19.1 Å². The number of hydrogen-bond acceptors (Lipinski definition) is 6. The molecule has 1 N–H and O–H groups in total. The third-order valence-corrected chi connectivity index (χ3v) is 3.73. The minimum absolute atomic E-state index is 0.109. The van der Waals surface area contributed by atoms with Crippen molar-refractivity contribution < 1.29 is 28.7 Å². The lowest BCUT2D eigenvalue weighted by molar-refractivity contribution is -0.149. The number of hydrogen-bond donors (Lipinski definition) is 1. The molecular weight excluding hydrogens is 363 g/mol. The number of cyclic esters (lactones) is 1. The molecule has 2 rings (SSSR count). The molecule has 0 unspecified atom stereocenters. The average molecular weight is 375 g/mol. The van der Waals surface area contributed by atoms with E-state index >= 15 is 0 Å². The van der Waals surface area contributed by atoms with Crippen LogP contribution in [-0.4, -0.2) is 55.1 Å². The molecule has 0 radical (unpaired) electrons. The van der Waals surface area contributed by atoms with Gasteiger partial charge in [-0.1, -0.05) is 23.2 Å². The summed E-state index contributed by atoms with van der Waals surface area (Å²) in [5.41, 5.74) is 0.216. The van der Waals surface area contributed by atoms with Crippen molar-refractivity contribution in [2.75, 3.05) is 26.3 Å². The minimum Gasteiger partial charge on any atom is -0.454 e. The quantitative estimate of drug-likeness (QED) is 0.778. The Bertz CT molecular complexity index is 694. The molecule has 1 aliphatic rings. The Morgan fingerprint density at radius 3 is 2.62 bits per heavy atom. The zero-order valence-corrected chi connectivity index (χ0v) is 13.7. The highest BCUT2D eigenvalue weighted by molar-refractivity contribution is 6.42. The van der Waals surface area contributed by atoms with E-state index in [4.69, 9.17) is 27.9 Å². The number of benzene rings is 1. The fraction of sp³-hybridized carbons (Fsp3) is 0.286. The Balaban J connectivity index is 1.76. The molecule has 1 aliphatic heterocycles. The summed E-state index contributed by atoms with van der Waals surface area (Å²) in [5, 5.41) is 2.82. The van der Waals surface area contributed by atoms with Gasteiger partial charge in [-0.15, -0.1) is 0 Å². The van der Waals surface area contributed by atoms with Crippen LogP contribution in [0.25, 0.3) is 0 Å². The van der Waals surface area contributed by atoms with Gasteiger partial charge in [0.25, 0.3) is 11.8 Å². The smallest absolute Gasteiger partial charge is 0.416 e. The van der Waals surface area contributed by atoms with Crippen molar-refractivity contribution in [2.24, 2.45) is 0 Å². The molecule has 0 saturated carbocycles. The van der Waals surface area contributed by atoms with Crippen molar-refractivity contribution in [3.63, 3.8) is 0 Å². The van der Waals surface area contributed by atoms with Gasteiger partial charge < -0.3 is 14.8 Å². The summed E-state index contributed by atoms with van der Waals surface area (Å²) >= 11 is 11.5. The van der Waals surface area contributed by atoms with E-state index in [1.54, 1.807) is 0 Å². The summed E-state index contributed by atoms with van der Waals surface area (Å²) in [7, 11) is 0. The molecule has 1 fully saturated rings. The minimum atomic E-state index is -0.829. The summed E-state index contributed by atoms with van der Waals surface area (Å²) < 4.78 is 9.28. The van der Waals surface area contributed by atoms with Gasteiger partial charge in [-0.05, 0) is 18.2 Å². The van der Waals surface area contributed by atoms with E-state index in [-0.39, 0.29) is 23.7 Å². The van der Waals surface area contributed by atoms with Gasteiger partial charge in [-0.2, -0.15) is 0 Å². The van der Waals surface area contributed by atoms with E-state index in [1.807, 2.05) is 0 Å². The van der Waals surface area contributed by atoms with Gasteiger partial charge in [0.15, 0.2) is 6.61 Å². The molecule has 8 nitrogen and oxygen atoms in total. The summed E-state index contributed by atoms with van der Waals surface area (Å²) in [6, 6.07) is 4.25. The first-order valence-corrected chi connectivity index (χ1v) is 7.50. The molecule has 3 amide bonds. The maximum atomic E-state index is 11.8. The van der Waals surface area contributed by atoms with Crippen LogP contribution in [0.3, 0.4) is 0 Å². The molecule has 1 heterocycles.